The number of rotatable bonds is 4. The summed E-state index contributed by atoms with van der Waals surface area (Å²) in [5, 5.41) is 12.0. The van der Waals surface area contributed by atoms with Crippen LogP contribution < -0.4 is 16.6 Å². The highest BCUT2D eigenvalue weighted by Gasteiger charge is 2.09. The molecule has 0 atom stereocenters. The lowest BCUT2D eigenvalue weighted by Crippen LogP contribution is -2.19. The van der Waals surface area contributed by atoms with Gasteiger partial charge in [0, 0.05) is 12.7 Å². The highest BCUT2D eigenvalue weighted by molar-refractivity contribution is 5.88. The molecule has 0 radical (unpaired) electrons. The van der Waals surface area contributed by atoms with Crippen LogP contribution in [0.3, 0.4) is 0 Å². The maximum Gasteiger partial charge on any atom is 0.335 e. The highest BCUT2D eigenvalue weighted by Crippen LogP contribution is 2.12. The largest absolute Gasteiger partial charge is 0.478 e. The van der Waals surface area contributed by atoms with Gasteiger partial charge in [0.05, 0.1) is 24.0 Å². The van der Waals surface area contributed by atoms with Gasteiger partial charge < -0.3 is 16.2 Å². The number of benzene rings is 1. The van der Waals surface area contributed by atoms with Gasteiger partial charge >= 0.3 is 11.5 Å². The second-order valence-corrected chi connectivity index (χ2v) is 5.10. The average molecular weight is 326 g/mol. The monoisotopic (exact) mass is 326 g/mol. The number of aryl methyl sites for hydroxylation is 1. The lowest BCUT2D eigenvalue weighted by atomic mass is 10.2. The average Bonchev–Trinajstić information content (AvgIpc) is 2.58. The second kappa shape index (κ2) is 5.95. The number of hydrogen-bond acceptors (Lipinski definition) is 7. The van der Waals surface area contributed by atoms with Crippen molar-refractivity contribution in [3.05, 3.63) is 52.1 Å². The number of anilines is 2. The summed E-state index contributed by atoms with van der Waals surface area (Å²) in [6.45, 7) is 0.322. The van der Waals surface area contributed by atoms with Gasteiger partial charge in [0.25, 0.3) is 0 Å². The summed E-state index contributed by atoms with van der Waals surface area (Å²) in [5.41, 5.74) is 7.09. The van der Waals surface area contributed by atoms with E-state index >= 15 is 0 Å². The molecule has 2 heterocycles. The van der Waals surface area contributed by atoms with Crippen molar-refractivity contribution in [2.45, 2.75) is 6.54 Å². The van der Waals surface area contributed by atoms with E-state index in [-0.39, 0.29) is 17.0 Å². The Morgan fingerprint density at radius 1 is 1.29 bits per heavy atom. The Labute approximate surface area is 135 Å². The van der Waals surface area contributed by atoms with E-state index in [0.29, 0.717) is 17.9 Å². The maximum atomic E-state index is 11.9. The first-order valence-electron chi connectivity index (χ1n) is 7.01. The van der Waals surface area contributed by atoms with Crippen molar-refractivity contribution in [3.63, 3.8) is 0 Å². The molecule has 0 bridgehead atoms. The number of nitrogen functional groups attached to an aromatic ring is 1. The molecule has 9 nitrogen and oxygen atoms in total. The summed E-state index contributed by atoms with van der Waals surface area (Å²) < 4.78 is 1.49. The van der Waals surface area contributed by atoms with E-state index in [1.807, 2.05) is 0 Å². The Morgan fingerprint density at radius 2 is 2.00 bits per heavy atom. The van der Waals surface area contributed by atoms with Gasteiger partial charge in [0.2, 0.25) is 5.95 Å². The van der Waals surface area contributed by atoms with Crippen molar-refractivity contribution < 1.29 is 9.90 Å². The first kappa shape index (κ1) is 15.4. The third-order valence-electron chi connectivity index (χ3n) is 3.49. The SMILES string of the molecule is Cn1c(N)nc(=O)c2nc(CNc3ccc(C(=O)O)cc3)cnc21. The standard InChI is InChI=1S/C15H14N6O3/c1-21-12-11(13(22)20-15(21)16)19-10(7-18-12)6-17-9-4-2-8(3-5-9)14(23)24/h2-5,7,17H,6H2,1H3,(H,23,24)(H2,16,20,22). The van der Waals surface area contributed by atoms with E-state index in [1.54, 1.807) is 25.4 Å². The van der Waals surface area contributed by atoms with Gasteiger partial charge in [0.15, 0.2) is 11.2 Å². The number of nitrogens with two attached hydrogens (primary N) is 1. The fourth-order valence-corrected chi connectivity index (χ4v) is 2.16. The Hall–Kier alpha value is -3.49. The summed E-state index contributed by atoms with van der Waals surface area (Å²) in [6, 6.07) is 6.30. The number of nitrogens with zero attached hydrogens (tertiary/aromatic N) is 4. The summed E-state index contributed by atoms with van der Waals surface area (Å²) in [6.07, 6.45) is 1.54. The van der Waals surface area contributed by atoms with Crippen molar-refractivity contribution in [3.8, 4) is 0 Å². The van der Waals surface area contributed by atoms with Crippen LogP contribution in [-0.2, 0) is 13.6 Å². The number of aromatic carboxylic acids is 1. The summed E-state index contributed by atoms with van der Waals surface area (Å²) >= 11 is 0. The molecule has 9 heteroatoms. The molecule has 1 aromatic carbocycles. The summed E-state index contributed by atoms with van der Waals surface area (Å²) in [7, 11) is 1.65. The van der Waals surface area contributed by atoms with Crippen molar-refractivity contribution in [1.29, 1.82) is 0 Å². The Kier molecular flexibility index (Phi) is 3.82. The van der Waals surface area contributed by atoms with E-state index in [1.165, 1.54) is 16.7 Å². The Morgan fingerprint density at radius 3 is 2.67 bits per heavy atom. The minimum atomic E-state index is -0.982. The normalized spacial score (nSPS) is 10.7. The maximum absolute atomic E-state index is 11.9. The van der Waals surface area contributed by atoms with Crippen LogP contribution in [0.25, 0.3) is 11.2 Å². The minimum Gasteiger partial charge on any atom is -0.478 e. The molecule has 3 rings (SSSR count). The zero-order valence-corrected chi connectivity index (χ0v) is 12.7. The number of nitrogens with one attached hydrogen (secondary N) is 1. The van der Waals surface area contributed by atoms with Crippen LogP contribution in [0.5, 0.6) is 0 Å². The molecule has 0 fully saturated rings. The fraction of sp³-hybridized carbons (Fsp3) is 0.133. The van der Waals surface area contributed by atoms with E-state index in [0.717, 1.165) is 5.69 Å². The topological polar surface area (TPSA) is 136 Å². The lowest BCUT2D eigenvalue weighted by Gasteiger charge is -2.09. The van der Waals surface area contributed by atoms with Crippen LogP contribution in [0.2, 0.25) is 0 Å². The summed E-state index contributed by atoms with van der Waals surface area (Å²) in [5.74, 6) is -0.907. The van der Waals surface area contributed by atoms with E-state index in [4.69, 9.17) is 10.8 Å². The van der Waals surface area contributed by atoms with Gasteiger partial charge in [-0.25, -0.2) is 14.8 Å². The second-order valence-electron chi connectivity index (χ2n) is 5.10. The third-order valence-corrected chi connectivity index (χ3v) is 3.49. The first-order valence-corrected chi connectivity index (χ1v) is 7.01. The molecule has 122 valence electrons. The number of hydrogen-bond donors (Lipinski definition) is 3. The lowest BCUT2D eigenvalue weighted by molar-refractivity contribution is 0.0697. The van der Waals surface area contributed by atoms with Crippen LogP contribution in [0, 0.1) is 0 Å². The molecule has 0 aliphatic heterocycles. The molecule has 0 spiro atoms. The van der Waals surface area contributed by atoms with Gasteiger partial charge in [-0.05, 0) is 24.3 Å². The zero-order valence-electron chi connectivity index (χ0n) is 12.7. The van der Waals surface area contributed by atoms with Crippen LogP contribution in [-0.4, -0.2) is 30.6 Å². The van der Waals surface area contributed by atoms with E-state index in [9.17, 15) is 9.59 Å². The van der Waals surface area contributed by atoms with Crippen LogP contribution in [0.15, 0.2) is 35.3 Å². The van der Waals surface area contributed by atoms with E-state index in [2.05, 4.69) is 20.3 Å². The number of fused-ring (bicyclic) bond motifs is 1. The van der Waals surface area contributed by atoms with Crippen LogP contribution >= 0.6 is 0 Å². The van der Waals surface area contributed by atoms with Crippen molar-refractivity contribution in [2.75, 3.05) is 11.1 Å². The number of carboxylic acids is 1. The third kappa shape index (κ3) is 2.86. The molecule has 3 aromatic rings. The molecule has 0 saturated heterocycles. The number of aromatic nitrogens is 4. The molecule has 2 aromatic heterocycles. The minimum absolute atomic E-state index is 0.0752. The van der Waals surface area contributed by atoms with Gasteiger partial charge in [-0.15, -0.1) is 0 Å². The van der Waals surface area contributed by atoms with Crippen molar-refractivity contribution in [2.24, 2.45) is 7.05 Å². The molecule has 0 aliphatic carbocycles. The summed E-state index contributed by atoms with van der Waals surface area (Å²) in [4.78, 5) is 34.9. The predicted octanol–water partition coefficient (Wildman–Crippen LogP) is 0.616. The zero-order chi connectivity index (χ0) is 17.3. The van der Waals surface area contributed by atoms with Gasteiger partial charge in [0.1, 0.15) is 0 Å². The Bertz CT molecular complexity index is 981. The molecular weight excluding hydrogens is 312 g/mol. The predicted molar refractivity (Wildman–Crippen MR) is 87.7 cm³/mol. The first-order chi connectivity index (χ1) is 11.5. The van der Waals surface area contributed by atoms with Gasteiger partial charge in [-0.2, -0.15) is 4.98 Å². The van der Waals surface area contributed by atoms with Crippen LogP contribution in [0.4, 0.5) is 11.6 Å². The Balaban J connectivity index is 1.83. The van der Waals surface area contributed by atoms with Crippen molar-refractivity contribution >= 4 is 28.8 Å². The highest BCUT2D eigenvalue weighted by atomic mass is 16.4. The molecule has 24 heavy (non-hydrogen) atoms. The molecule has 4 N–H and O–H groups in total. The number of carbonyl (C=O) groups is 1. The van der Waals surface area contributed by atoms with E-state index < -0.39 is 11.5 Å². The van der Waals surface area contributed by atoms with Gasteiger partial charge in [-0.1, -0.05) is 0 Å². The number of carboxylic acid groups (broad SMARTS) is 1. The molecular formula is C15H14N6O3. The quantitative estimate of drug-likeness (QED) is 0.634. The van der Waals surface area contributed by atoms with Gasteiger partial charge in [-0.3, -0.25) is 9.36 Å². The molecule has 0 aliphatic rings. The van der Waals surface area contributed by atoms with Crippen LogP contribution in [0.1, 0.15) is 16.1 Å². The molecule has 0 saturated carbocycles. The van der Waals surface area contributed by atoms with Crippen molar-refractivity contribution in [1.82, 2.24) is 19.5 Å². The smallest absolute Gasteiger partial charge is 0.335 e. The molecule has 0 unspecified atom stereocenters. The molecule has 0 amide bonds. The fourth-order valence-electron chi connectivity index (χ4n) is 2.16.